The first-order valence-electron chi connectivity index (χ1n) is 8.05. The number of rotatable bonds is 6. The highest BCUT2D eigenvalue weighted by Gasteiger charge is 2.23. The molecule has 0 radical (unpaired) electrons. The van der Waals surface area contributed by atoms with Gasteiger partial charge in [0, 0.05) is 37.0 Å². The second-order valence-electron chi connectivity index (χ2n) is 5.97. The maximum atomic E-state index is 4.49. The fourth-order valence-corrected chi connectivity index (χ4v) is 4.01. The zero-order valence-electron chi connectivity index (χ0n) is 13.8. The number of nitrogens with one attached hydrogen (secondary N) is 1. The summed E-state index contributed by atoms with van der Waals surface area (Å²) in [5, 5.41) is 17.7. The van der Waals surface area contributed by atoms with Gasteiger partial charge in [-0.15, -0.1) is 16.8 Å². The number of hydrogen-bond acceptors (Lipinski definition) is 5. The quantitative estimate of drug-likeness (QED) is 0.649. The number of hydrogen-bond donors (Lipinski definition) is 1. The minimum atomic E-state index is 0.498. The monoisotopic (exact) mass is 332 g/mol. The summed E-state index contributed by atoms with van der Waals surface area (Å²) in [6, 6.07) is 0. The molecule has 0 aliphatic carbocycles. The van der Waals surface area contributed by atoms with Crippen molar-refractivity contribution >= 4 is 11.8 Å². The first-order chi connectivity index (χ1) is 11.2. The summed E-state index contributed by atoms with van der Waals surface area (Å²) in [6.07, 6.45) is 6.25. The second kappa shape index (κ2) is 7.31. The summed E-state index contributed by atoms with van der Waals surface area (Å²) in [6.45, 7) is 8.82. The third kappa shape index (κ3) is 3.67. The van der Waals surface area contributed by atoms with Gasteiger partial charge in [-0.3, -0.25) is 4.68 Å². The molecule has 3 rings (SSSR count). The van der Waals surface area contributed by atoms with Crippen molar-refractivity contribution in [1.82, 2.24) is 29.9 Å². The van der Waals surface area contributed by atoms with Crippen molar-refractivity contribution in [3.8, 4) is 0 Å². The molecule has 0 amide bonds. The van der Waals surface area contributed by atoms with Gasteiger partial charge < -0.3 is 9.88 Å². The van der Waals surface area contributed by atoms with E-state index in [1.807, 2.05) is 24.7 Å². The Labute approximate surface area is 141 Å². The molecule has 2 aromatic rings. The molecule has 0 atom stereocenters. The van der Waals surface area contributed by atoms with Gasteiger partial charge in [0.2, 0.25) is 0 Å². The normalized spacial score (nSPS) is 15.9. The van der Waals surface area contributed by atoms with Crippen molar-refractivity contribution in [1.29, 1.82) is 0 Å². The van der Waals surface area contributed by atoms with Gasteiger partial charge in [0.05, 0.1) is 5.69 Å². The molecule has 1 aliphatic rings. The molecule has 1 saturated heterocycles. The number of piperidine rings is 1. The number of nitrogens with zero attached hydrogens (tertiary/aromatic N) is 5. The predicted molar refractivity (Wildman–Crippen MR) is 92.6 cm³/mol. The van der Waals surface area contributed by atoms with Crippen LogP contribution in [0, 0.1) is 6.92 Å². The molecule has 0 bridgehead atoms. The van der Waals surface area contributed by atoms with E-state index in [1.165, 1.54) is 5.56 Å². The maximum absolute atomic E-state index is 4.49. The zero-order chi connectivity index (χ0) is 16.2. The van der Waals surface area contributed by atoms with Crippen molar-refractivity contribution in [2.45, 2.75) is 43.1 Å². The van der Waals surface area contributed by atoms with Crippen molar-refractivity contribution in [2.75, 3.05) is 13.1 Å². The molecule has 1 aliphatic heterocycles. The van der Waals surface area contributed by atoms with Gasteiger partial charge in [0.15, 0.2) is 5.16 Å². The van der Waals surface area contributed by atoms with E-state index in [-0.39, 0.29) is 0 Å². The maximum Gasteiger partial charge on any atom is 0.191 e. The van der Waals surface area contributed by atoms with Crippen LogP contribution >= 0.6 is 11.8 Å². The minimum absolute atomic E-state index is 0.498. The van der Waals surface area contributed by atoms with Crippen molar-refractivity contribution in [2.24, 2.45) is 7.05 Å². The number of thioether (sulfide) groups is 1. The van der Waals surface area contributed by atoms with E-state index < -0.39 is 0 Å². The van der Waals surface area contributed by atoms with Gasteiger partial charge in [0.1, 0.15) is 5.82 Å². The first-order valence-corrected chi connectivity index (χ1v) is 9.04. The Bertz CT molecular complexity index is 668. The van der Waals surface area contributed by atoms with Crippen LogP contribution < -0.4 is 5.32 Å². The molecule has 124 valence electrons. The largest absolute Gasteiger partial charge is 0.317 e. The van der Waals surface area contributed by atoms with Crippen LogP contribution in [0.1, 0.15) is 35.8 Å². The van der Waals surface area contributed by atoms with E-state index in [0.717, 1.165) is 54.9 Å². The van der Waals surface area contributed by atoms with Crippen LogP contribution in [0.15, 0.2) is 24.0 Å². The highest BCUT2D eigenvalue weighted by molar-refractivity contribution is 7.98. The Hall–Kier alpha value is -1.60. The average Bonchev–Trinajstić information content (AvgIpc) is 3.09. The minimum Gasteiger partial charge on any atom is -0.317 e. The topological polar surface area (TPSA) is 60.6 Å². The molecular formula is C16H24N6S. The fraction of sp³-hybridized carbons (Fsp3) is 0.562. The van der Waals surface area contributed by atoms with Crippen LogP contribution in [0.5, 0.6) is 0 Å². The Balaban J connectivity index is 1.77. The van der Waals surface area contributed by atoms with Crippen LogP contribution in [-0.4, -0.2) is 37.6 Å². The third-order valence-electron chi connectivity index (χ3n) is 4.23. The number of aryl methyl sites for hydroxylation is 2. The van der Waals surface area contributed by atoms with Crippen molar-refractivity contribution in [3.05, 3.63) is 35.9 Å². The summed E-state index contributed by atoms with van der Waals surface area (Å²) < 4.78 is 4.08. The third-order valence-corrected chi connectivity index (χ3v) is 5.25. The van der Waals surface area contributed by atoms with Gasteiger partial charge in [-0.1, -0.05) is 17.8 Å². The highest BCUT2D eigenvalue weighted by Crippen LogP contribution is 2.29. The predicted octanol–water partition coefficient (Wildman–Crippen LogP) is 2.27. The second-order valence-corrected chi connectivity index (χ2v) is 6.91. The standard InChI is InChI=1S/C16H24N6S/c1-4-9-22-15(13-5-7-17-8-6-13)18-19-16(22)23-11-14-10-21(3)20-12(14)2/h4,10,13,17H,1,5-9,11H2,2-3H3. The fourth-order valence-electron chi connectivity index (χ4n) is 3.02. The molecule has 0 aromatic carbocycles. The molecule has 1 fully saturated rings. The molecule has 7 heteroatoms. The summed E-state index contributed by atoms with van der Waals surface area (Å²) in [5.74, 6) is 2.47. The molecule has 6 nitrogen and oxygen atoms in total. The van der Waals surface area contributed by atoms with Crippen molar-refractivity contribution < 1.29 is 0 Å². The van der Waals surface area contributed by atoms with Gasteiger partial charge in [0.25, 0.3) is 0 Å². The van der Waals surface area contributed by atoms with Crippen LogP contribution in [-0.2, 0) is 19.3 Å². The summed E-state index contributed by atoms with van der Waals surface area (Å²) >= 11 is 1.73. The molecule has 3 heterocycles. The van der Waals surface area contributed by atoms with Gasteiger partial charge >= 0.3 is 0 Å². The lowest BCUT2D eigenvalue weighted by atomic mass is 9.97. The van der Waals surface area contributed by atoms with Gasteiger partial charge in [-0.25, -0.2) is 0 Å². The lowest BCUT2D eigenvalue weighted by Gasteiger charge is -2.22. The smallest absolute Gasteiger partial charge is 0.191 e. The number of allylic oxidation sites excluding steroid dienone is 1. The Morgan fingerprint density at radius 2 is 2.17 bits per heavy atom. The Morgan fingerprint density at radius 3 is 2.83 bits per heavy atom. The lowest BCUT2D eigenvalue weighted by molar-refractivity contribution is 0.431. The summed E-state index contributed by atoms with van der Waals surface area (Å²) in [7, 11) is 1.95. The zero-order valence-corrected chi connectivity index (χ0v) is 14.6. The lowest BCUT2D eigenvalue weighted by Crippen LogP contribution is -2.28. The highest BCUT2D eigenvalue weighted by atomic mass is 32.2. The SMILES string of the molecule is C=CCn1c(SCc2cn(C)nc2C)nnc1C1CCNCC1. The van der Waals surface area contributed by atoms with Crippen LogP contribution in [0.25, 0.3) is 0 Å². The Morgan fingerprint density at radius 1 is 1.39 bits per heavy atom. The molecule has 2 aromatic heterocycles. The van der Waals surface area contributed by atoms with Crippen LogP contribution in [0.2, 0.25) is 0 Å². The molecule has 0 saturated carbocycles. The molecule has 23 heavy (non-hydrogen) atoms. The van der Waals surface area contributed by atoms with Crippen LogP contribution in [0.4, 0.5) is 0 Å². The van der Waals surface area contributed by atoms with E-state index in [0.29, 0.717) is 5.92 Å². The number of aromatic nitrogens is 5. The van der Waals surface area contributed by atoms with E-state index in [1.54, 1.807) is 11.8 Å². The Kier molecular flexibility index (Phi) is 5.17. The van der Waals surface area contributed by atoms with Crippen molar-refractivity contribution in [3.63, 3.8) is 0 Å². The summed E-state index contributed by atoms with van der Waals surface area (Å²) in [4.78, 5) is 0. The average molecular weight is 332 g/mol. The summed E-state index contributed by atoms with van der Waals surface area (Å²) in [5.41, 5.74) is 2.32. The molecule has 0 unspecified atom stereocenters. The molecular weight excluding hydrogens is 308 g/mol. The van der Waals surface area contributed by atoms with E-state index in [2.05, 4.69) is 38.0 Å². The van der Waals surface area contributed by atoms with E-state index >= 15 is 0 Å². The molecule has 1 N–H and O–H groups in total. The molecule has 0 spiro atoms. The van der Waals surface area contributed by atoms with E-state index in [4.69, 9.17) is 0 Å². The van der Waals surface area contributed by atoms with Gasteiger partial charge in [-0.2, -0.15) is 5.10 Å². The van der Waals surface area contributed by atoms with E-state index in [9.17, 15) is 0 Å². The first kappa shape index (κ1) is 16.3. The van der Waals surface area contributed by atoms with Crippen LogP contribution in [0.3, 0.4) is 0 Å². The van der Waals surface area contributed by atoms with Gasteiger partial charge in [-0.05, 0) is 32.9 Å².